The van der Waals surface area contributed by atoms with E-state index in [0.717, 1.165) is 11.6 Å². The normalized spacial score (nSPS) is 11.4. The molecule has 0 spiro atoms. The summed E-state index contributed by atoms with van der Waals surface area (Å²) in [5, 5.41) is 0. The first kappa shape index (κ1) is 14.7. The molecule has 0 aliphatic heterocycles. The van der Waals surface area contributed by atoms with Crippen LogP contribution in [0.2, 0.25) is 0 Å². The molecular formula is C14H11BrF3NO. The van der Waals surface area contributed by atoms with Crippen molar-refractivity contribution in [1.82, 2.24) is 0 Å². The molecule has 0 unspecified atom stereocenters. The summed E-state index contributed by atoms with van der Waals surface area (Å²) in [5.74, 6) is -0.197. The largest absolute Gasteiger partial charge is 0.488 e. The van der Waals surface area contributed by atoms with E-state index >= 15 is 0 Å². The van der Waals surface area contributed by atoms with E-state index in [1.54, 1.807) is 24.3 Å². The fourth-order valence-corrected chi connectivity index (χ4v) is 1.99. The third-order valence-electron chi connectivity index (χ3n) is 2.62. The molecule has 106 valence electrons. The maximum absolute atomic E-state index is 12.9. The van der Waals surface area contributed by atoms with Crippen molar-refractivity contribution >= 4 is 21.6 Å². The van der Waals surface area contributed by atoms with Crippen molar-refractivity contribution in [2.75, 3.05) is 5.73 Å². The lowest BCUT2D eigenvalue weighted by Crippen LogP contribution is -2.08. The fourth-order valence-electron chi connectivity index (χ4n) is 1.62. The Morgan fingerprint density at radius 2 is 1.70 bits per heavy atom. The van der Waals surface area contributed by atoms with Crippen molar-refractivity contribution in [3.05, 3.63) is 58.1 Å². The predicted octanol–water partition coefficient (Wildman–Crippen LogP) is 4.63. The van der Waals surface area contributed by atoms with E-state index in [1.165, 1.54) is 12.1 Å². The van der Waals surface area contributed by atoms with E-state index in [2.05, 4.69) is 15.9 Å². The van der Waals surface area contributed by atoms with Gasteiger partial charge in [-0.15, -0.1) is 0 Å². The maximum atomic E-state index is 12.9. The van der Waals surface area contributed by atoms with Crippen molar-refractivity contribution in [3.63, 3.8) is 0 Å². The highest BCUT2D eigenvalue weighted by molar-refractivity contribution is 9.10. The molecule has 0 saturated carbocycles. The maximum Gasteiger partial charge on any atom is 0.420 e. The van der Waals surface area contributed by atoms with Crippen molar-refractivity contribution < 1.29 is 17.9 Å². The molecule has 0 aliphatic rings. The highest BCUT2D eigenvalue weighted by Gasteiger charge is 2.34. The molecule has 20 heavy (non-hydrogen) atoms. The summed E-state index contributed by atoms with van der Waals surface area (Å²) in [6.45, 7) is 0.0466. The van der Waals surface area contributed by atoms with E-state index in [1.807, 2.05) is 0 Å². The Hall–Kier alpha value is -1.69. The van der Waals surface area contributed by atoms with Crippen molar-refractivity contribution in [1.29, 1.82) is 0 Å². The molecule has 0 amide bonds. The van der Waals surface area contributed by atoms with E-state index in [0.29, 0.717) is 10.2 Å². The van der Waals surface area contributed by atoms with Gasteiger partial charge in [0.2, 0.25) is 0 Å². The first-order chi connectivity index (χ1) is 9.36. The van der Waals surface area contributed by atoms with Crippen LogP contribution in [0.25, 0.3) is 0 Å². The van der Waals surface area contributed by atoms with Crippen LogP contribution in [0, 0.1) is 0 Å². The van der Waals surface area contributed by atoms with Crippen LogP contribution < -0.4 is 10.5 Å². The summed E-state index contributed by atoms with van der Waals surface area (Å²) in [5.41, 5.74) is 6.07. The summed E-state index contributed by atoms with van der Waals surface area (Å²) >= 11 is 3.02. The molecule has 2 aromatic carbocycles. The standard InChI is InChI=1S/C14H11BrF3NO/c15-10-3-6-13(12(7-10)14(16,17)18)20-8-9-1-4-11(19)5-2-9/h1-7H,8,19H2. The SMILES string of the molecule is Nc1ccc(COc2ccc(Br)cc2C(F)(F)F)cc1. The third kappa shape index (κ3) is 3.66. The Morgan fingerprint density at radius 3 is 2.30 bits per heavy atom. The number of halogens is 4. The summed E-state index contributed by atoms with van der Waals surface area (Å²) in [7, 11) is 0. The number of nitrogen functional groups attached to an aromatic ring is 1. The van der Waals surface area contributed by atoms with Crippen molar-refractivity contribution in [3.8, 4) is 5.75 Å². The average Bonchev–Trinajstić information content (AvgIpc) is 2.38. The number of alkyl halides is 3. The second kappa shape index (κ2) is 5.75. The number of rotatable bonds is 3. The Labute approximate surface area is 122 Å². The molecule has 2 rings (SSSR count). The lowest BCUT2D eigenvalue weighted by Gasteiger charge is -2.14. The minimum absolute atomic E-state index is 0.0466. The van der Waals surface area contributed by atoms with Crippen LogP contribution in [0.15, 0.2) is 46.9 Å². The molecule has 2 aromatic rings. The van der Waals surface area contributed by atoms with Crippen LogP contribution in [0.3, 0.4) is 0 Å². The van der Waals surface area contributed by atoms with E-state index in [-0.39, 0.29) is 12.4 Å². The smallest absolute Gasteiger partial charge is 0.420 e. The number of nitrogens with two attached hydrogens (primary N) is 1. The topological polar surface area (TPSA) is 35.2 Å². The Bertz CT molecular complexity index is 596. The molecule has 0 saturated heterocycles. The Morgan fingerprint density at radius 1 is 1.05 bits per heavy atom. The van der Waals surface area contributed by atoms with Crippen LogP contribution >= 0.6 is 15.9 Å². The molecule has 0 aromatic heterocycles. The molecule has 0 bridgehead atoms. The second-order valence-corrected chi connectivity index (χ2v) is 5.08. The van der Waals surface area contributed by atoms with E-state index in [4.69, 9.17) is 10.5 Å². The number of hydrogen-bond donors (Lipinski definition) is 1. The zero-order valence-electron chi connectivity index (χ0n) is 10.2. The Kier molecular flexibility index (Phi) is 4.23. The second-order valence-electron chi connectivity index (χ2n) is 4.17. The van der Waals surface area contributed by atoms with Crippen LogP contribution in [0.4, 0.5) is 18.9 Å². The lowest BCUT2D eigenvalue weighted by molar-refractivity contribution is -0.139. The number of anilines is 1. The molecule has 0 radical (unpaired) electrons. The summed E-state index contributed by atoms with van der Waals surface area (Å²) in [6.07, 6.45) is -4.46. The van der Waals surface area contributed by atoms with Crippen LogP contribution in [-0.4, -0.2) is 0 Å². The van der Waals surface area contributed by atoms with Gasteiger partial charge < -0.3 is 10.5 Å². The van der Waals surface area contributed by atoms with Gasteiger partial charge in [-0.1, -0.05) is 28.1 Å². The molecule has 0 fully saturated rings. The van der Waals surface area contributed by atoms with Gasteiger partial charge >= 0.3 is 6.18 Å². The van der Waals surface area contributed by atoms with Gasteiger partial charge in [-0.2, -0.15) is 13.2 Å². The first-order valence-corrected chi connectivity index (χ1v) is 6.49. The van der Waals surface area contributed by atoms with Gasteiger partial charge in [-0.05, 0) is 35.9 Å². The summed E-state index contributed by atoms with van der Waals surface area (Å²) < 4.78 is 44.3. The van der Waals surface area contributed by atoms with Crippen LogP contribution in [-0.2, 0) is 12.8 Å². The molecule has 0 aliphatic carbocycles. The molecule has 0 heterocycles. The summed E-state index contributed by atoms with van der Waals surface area (Å²) in [6, 6.07) is 10.6. The molecule has 2 N–H and O–H groups in total. The average molecular weight is 346 g/mol. The fraction of sp³-hybridized carbons (Fsp3) is 0.143. The molecule has 2 nitrogen and oxygen atoms in total. The van der Waals surface area contributed by atoms with Crippen molar-refractivity contribution in [2.45, 2.75) is 12.8 Å². The minimum Gasteiger partial charge on any atom is -0.488 e. The number of hydrogen-bond acceptors (Lipinski definition) is 2. The minimum atomic E-state index is -4.46. The monoisotopic (exact) mass is 345 g/mol. The molecule has 0 atom stereocenters. The summed E-state index contributed by atoms with van der Waals surface area (Å²) in [4.78, 5) is 0. The third-order valence-corrected chi connectivity index (χ3v) is 3.11. The first-order valence-electron chi connectivity index (χ1n) is 5.70. The van der Waals surface area contributed by atoms with Gasteiger partial charge in [0.15, 0.2) is 0 Å². The zero-order valence-corrected chi connectivity index (χ0v) is 11.8. The van der Waals surface area contributed by atoms with Gasteiger partial charge in [0.1, 0.15) is 12.4 Å². The van der Waals surface area contributed by atoms with Gasteiger partial charge in [-0.3, -0.25) is 0 Å². The van der Waals surface area contributed by atoms with E-state index < -0.39 is 11.7 Å². The zero-order chi connectivity index (χ0) is 14.8. The predicted molar refractivity (Wildman–Crippen MR) is 74.3 cm³/mol. The highest BCUT2D eigenvalue weighted by atomic mass is 79.9. The quantitative estimate of drug-likeness (QED) is 0.823. The van der Waals surface area contributed by atoms with E-state index in [9.17, 15) is 13.2 Å². The Balaban J connectivity index is 2.19. The molecular weight excluding hydrogens is 335 g/mol. The lowest BCUT2D eigenvalue weighted by atomic mass is 10.2. The van der Waals surface area contributed by atoms with Crippen molar-refractivity contribution in [2.24, 2.45) is 0 Å². The molecule has 6 heteroatoms. The highest BCUT2D eigenvalue weighted by Crippen LogP contribution is 2.38. The van der Waals surface area contributed by atoms with Gasteiger partial charge in [0.25, 0.3) is 0 Å². The number of benzene rings is 2. The van der Waals surface area contributed by atoms with Crippen LogP contribution in [0.1, 0.15) is 11.1 Å². The number of ether oxygens (including phenoxy) is 1. The van der Waals surface area contributed by atoms with Gasteiger partial charge in [-0.25, -0.2) is 0 Å². The van der Waals surface area contributed by atoms with Gasteiger partial charge in [0.05, 0.1) is 5.56 Å². The van der Waals surface area contributed by atoms with Gasteiger partial charge in [0, 0.05) is 10.2 Å². The van der Waals surface area contributed by atoms with Crippen LogP contribution in [0.5, 0.6) is 5.75 Å².